The molecule has 0 bridgehead atoms. The molecule has 1 amide bonds. The molecule has 1 fully saturated rings. The van der Waals surface area contributed by atoms with Crippen LogP contribution in [0.2, 0.25) is 0 Å². The number of H-pyrrole nitrogens is 1. The number of nitrogens with zero attached hydrogens (tertiary/aromatic N) is 3. The summed E-state index contributed by atoms with van der Waals surface area (Å²) >= 11 is 0. The van der Waals surface area contributed by atoms with Gasteiger partial charge in [0, 0.05) is 47.2 Å². The molecule has 2 atom stereocenters. The van der Waals surface area contributed by atoms with E-state index in [1.165, 1.54) is 5.56 Å². The lowest BCUT2D eigenvalue weighted by molar-refractivity contribution is 0.0982. The summed E-state index contributed by atoms with van der Waals surface area (Å²) in [6, 6.07) is 2.63. The van der Waals surface area contributed by atoms with Gasteiger partial charge in [0.2, 0.25) is 0 Å². The third kappa shape index (κ3) is 4.13. The minimum Gasteiger partial charge on any atom is -0.446 e. The molecule has 2 N–H and O–H groups in total. The van der Waals surface area contributed by atoms with Crippen LogP contribution in [-0.4, -0.2) is 38.0 Å². The van der Waals surface area contributed by atoms with Crippen LogP contribution in [0.3, 0.4) is 0 Å². The molecule has 0 spiro atoms. The molecule has 0 aromatic carbocycles. The van der Waals surface area contributed by atoms with E-state index in [0.717, 1.165) is 41.4 Å². The molecule has 29 heavy (non-hydrogen) atoms. The number of pyridine rings is 1. The molecular weight excluding hydrogens is 366 g/mol. The third-order valence-electron chi connectivity index (χ3n) is 5.53. The Bertz CT molecular complexity index is 1000. The quantitative estimate of drug-likeness (QED) is 0.651. The number of alkyl carbamates (subject to hydrolysis) is 1. The molecule has 3 heterocycles. The number of hydrogen-bond acceptors (Lipinski definition) is 4. The van der Waals surface area contributed by atoms with Gasteiger partial charge in [0.1, 0.15) is 11.8 Å². The Kier molecular flexibility index (Phi) is 5.30. The first-order valence-corrected chi connectivity index (χ1v) is 10.4. The second kappa shape index (κ2) is 7.89. The van der Waals surface area contributed by atoms with Crippen LogP contribution < -0.4 is 5.32 Å². The van der Waals surface area contributed by atoms with Crippen LogP contribution in [0, 0.1) is 0 Å². The Morgan fingerprint density at radius 2 is 2.10 bits per heavy atom. The van der Waals surface area contributed by atoms with Gasteiger partial charge in [-0.15, -0.1) is 0 Å². The second-order valence-corrected chi connectivity index (χ2v) is 8.51. The number of carbonyl (C=O) groups excluding carboxylic acids is 1. The summed E-state index contributed by atoms with van der Waals surface area (Å²) in [6.07, 6.45) is 10.3. The van der Waals surface area contributed by atoms with Crippen molar-refractivity contribution in [3.63, 3.8) is 0 Å². The maximum atomic E-state index is 11.9. The Labute approximate surface area is 170 Å². The molecule has 4 rings (SSSR count). The zero-order valence-corrected chi connectivity index (χ0v) is 17.5. The summed E-state index contributed by atoms with van der Waals surface area (Å²) in [5.74, 6) is 0.352. The smallest absolute Gasteiger partial charge is 0.407 e. The second-order valence-electron chi connectivity index (χ2n) is 8.51. The van der Waals surface area contributed by atoms with Gasteiger partial charge in [-0.1, -0.05) is 0 Å². The Morgan fingerprint density at radius 3 is 2.83 bits per heavy atom. The highest BCUT2D eigenvalue weighted by atomic mass is 16.6. The standard InChI is InChI=1S/C22H29N5O2/c1-13(2)26-22(28)29-18-6-5-15(7-18)16-8-19-20(11-24-21(19)23-9-16)17-10-25-27(12-17)14(3)4/h8-15,18H,5-7H2,1-4H3,(H,23,24)(H,26,28)/t15-,18+/m0/s1. The Morgan fingerprint density at radius 1 is 1.28 bits per heavy atom. The highest BCUT2D eigenvalue weighted by Crippen LogP contribution is 2.38. The zero-order valence-electron chi connectivity index (χ0n) is 17.5. The zero-order chi connectivity index (χ0) is 20.5. The topological polar surface area (TPSA) is 84.8 Å². The first kappa shape index (κ1) is 19.5. The van der Waals surface area contributed by atoms with Crippen molar-refractivity contribution in [2.24, 2.45) is 0 Å². The van der Waals surface area contributed by atoms with Crippen LogP contribution in [-0.2, 0) is 4.74 Å². The first-order chi connectivity index (χ1) is 13.9. The molecule has 154 valence electrons. The Hall–Kier alpha value is -2.83. The largest absolute Gasteiger partial charge is 0.446 e. The number of aromatic nitrogens is 4. The van der Waals surface area contributed by atoms with E-state index in [0.29, 0.717) is 12.0 Å². The summed E-state index contributed by atoms with van der Waals surface area (Å²) in [6.45, 7) is 8.09. The van der Waals surface area contributed by atoms with E-state index in [9.17, 15) is 4.79 Å². The maximum Gasteiger partial charge on any atom is 0.407 e. The summed E-state index contributed by atoms with van der Waals surface area (Å²) in [4.78, 5) is 19.8. The summed E-state index contributed by atoms with van der Waals surface area (Å²) in [5, 5.41) is 8.36. The van der Waals surface area contributed by atoms with Gasteiger partial charge in [0.25, 0.3) is 0 Å². The van der Waals surface area contributed by atoms with Crippen LogP contribution in [0.5, 0.6) is 0 Å². The third-order valence-corrected chi connectivity index (χ3v) is 5.53. The number of amides is 1. The number of carbonyl (C=O) groups is 1. The monoisotopic (exact) mass is 395 g/mol. The number of hydrogen-bond donors (Lipinski definition) is 2. The average molecular weight is 396 g/mol. The number of fused-ring (bicyclic) bond motifs is 1. The molecule has 1 aliphatic rings. The van der Waals surface area contributed by atoms with E-state index in [-0.39, 0.29) is 18.2 Å². The summed E-state index contributed by atoms with van der Waals surface area (Å²) < 4.78 is 7.54. The van der Waals surface area contributed by atoms with Gasteiger partial charge in [-0.2, -0.15) is 5.10 Å². The molecule has 0 unspecified atom stereocenters. The van der Waals surface area contributed by atoms with Crippen LogP contribution in [0.25, 0.3) is 22.2 Å². The fourth-order valence-corrected chi connectivity index (χ4v) is 4.01. The maximum absolute atomic E-state index is 11.9. The van der Waals surface area contributed by atoms with Crippen molar-refractivity contribution >= 4 is 17.1 Å². The molecular formula is C22H29N5O2. The van der Waals surface area contributed by atoms with Crippen molar-refractivity contribution in [2.75, 3.05) is 0 Å². The van der Waals surface area contributed by atoms with Crippen molar-refractivity contribution in [2.45, 2.75) is 71.1 Å². The van der Waals surface area contributed by atoms with Crippen molar-refractivity contribution in [3.05, 3.63) is 36.4 Å². The lowest BCUT2D eigenvalue weighted by atomic mass is 9.97. The van der Waals surface area contributed by atoms with Gasteiger partial charge in [0.05, 0.1) is 6.20 Å². The lowest BCUT2D eigenvalue weighted by Gasteiger charge is -2.15. The van der Waals surface area contributed by atoms with Crippen molar-refractivity contribution < 1.29 is 9.53 Å². The van der Waals surface area contributed by atoms with Crippen LogP contribution >= 0.6 is 0 Å². The molecule has 7 nitrogen and oxygen atoms in total. The van der Waals surface area contributed by atoms with E-state index in [1.807, 2.05) is 37.1 Å². The summed E-state index contributed by atoms with van der Waals surface area (Å²) in [5.41, 5.74) is 4.28. The average Bonchev–Trinajstić information content (AvgIpc) is 3.39. The van der Waals surface area contributed by atoms with E-state index in [2.05, 4.69) is 46.5 Å². The lowest BCUT2D eigenvalue weighted by Crippen LogP contribution is -2.33. The van der Waals surface area contributed by atoms with Crippen LogP contribution in [0.1, 0.15) is 64.5 Å². The highest BCUT2D eigenvalue weighted by molar-refractivity contribution is 5.93. The predicted molar refractivity (Wildman–Crippen MR) is 113 cm³/mol. The Balaban J connectivity index is 1.52. The van der Waals surface area contributed by atoms with E-state index in [4.69, 9.17) is 4.74 Å². The van der Waals surface area contributed by atoms with Gasteiger partial charge in [-0.25, -0.2) is 9.78 Å². The summed E-state index contributed by atoms with van der Waals surface area (Å²) in [7, 11) is 0. The highest BCUT2D eigenvalue weighted by Gasteiger charge is 2.29. The van der Waals surface area contributed by atoms with E-state index < -0.39 is 0 Å². The molecule has 3 aromatic heterocycles. The van der Waals surface area contributed by atoms with Gasteiger partial charge in [0.15, 0.2) is 0 Å². The molecule has 7 heteroatoms. The van der Waals surface area contributed by atoms with E-state index in [1.54, 1.807) is 0 Å². The number of rotatable bonds is 5. The molecule has 1 saturated carbocycles. The minimum absolute atomic E-state index is 0.0376. The van der Waals surface area contributed by atoms with Gasteiger partial charge < -0.3 is 15.0 Å². The first-order valence-electron chi connectivity index (χ1n) is 10.4. The number of ether oxygens (including phenoxy) is 1. The normalized spacial score (nSPS) is 19.4. The number of aromatic amines is 1. The minimum atomic E-state index is -0.325. The molecule has 0 radical (unpaired) electrons. The van der Waals surface area contributed by atoms with Gasteiger partial charge in [-0.3, -0.25) is 4.68 Å². The van der Waals surface area contributed by atoms with Crippen LogP contribution in [0.4, 0.5) is 4.79 Å². The van der Waals surface area contributed by atoms with Crippen LogP contribution in [0.15, 0.2) is 30.9 Å². The van der Waals surface area contributed by atoms with Gasteiger partial charge in [-0.05, 0) is 64.5 Å². The van der Waals surface area contributed by atoms with Crippen molar-refractivity contribution in [1.82, 2.24) is 25.1 Å². The fourth-order valence-electron chi connectivity index (χ4n) is 4.01. The van der Waals surface area contributed by atoms with E-state index >= 15 is 0 Å². The SMILES string of the molecule is CC(C)NC(=O)O[C@@H]1CC[C@H](c2cnc3[nH]cc(-c4cnn(C(C)C)c4)c3c2)C1. The molecule has 0 saturated heterocycles. The van der Waals surface area contributed by atoms with Crippen molar-refractivity contribution in [1.29, 1.82) is 0 Å². The molecule has 1 aliphatic carbocycles. The predicted octanol–water partition coefficient (Wildman–Crippen LogP) is 4.78. The van der Waals surface area contributed by atoms with Gasteiger partial charge >= 0.3 is 6.09 Å². The number of nitrogens with one attached hydrogen (secondary N) is 2. The fraction of sp³-hybridized carbons (Fsp3) is 0.500. The molecule has 3 aromatic rings. The molecule has 0 aliphatic heterocycles. The van der Waals surface area contributed by atoms with Crippen molar-refractivity contribution in [3.8, 4) is 11.1 Å².